The molecule has 1 unspecified atom stereocenters. The van der Waals surface area contributed by atoms with E-state index in [-0.39, 0.29) is 5.91 Å². The van der Waals surface area contributed by atoms with Gasteiger partial charge in [-0.25, -0.2) is 0 Å². The number of amides is 1. The highest BCUT2D eigenvalue weighted by Crippen LogP contribution is 2.21. The second-order valence-electron chi connectivity index (χ2n) is 5.02. The average Bonchev–Trinajstić information content (AvgIpc) is 2.49. The van der Waals surface area contributed by atoms with Crippen LogP contribution in [-0.2, 0) is 4.79 Å². The van der Waals surface area contributed by atoms with Gasteiger partial charge in [0, 0.05) is 40.7 Å². The van der Waals surface area contributed by atoms with Gasteiger partial charge in [0.15, 0.2) is 0 Å². The van der Waals surface area contributed by atoms with Gasteiger partial charge in [0.05, 0.1) is 0 Å². The van der Waals surface area contributed by atoms with Crippen molar-refractivity contribution in [1.29, 1.82) is 0 Å². The second-order valence-corrected chi connectivity index (χ2v) is 7.10. The number of carbonyl (C=O) groups excluding carboxylic acids is 1. The summed E-state index contributed by atoms with van der Waals surface area (Å²) >= 11 is 5.17. The molecule has 3 nitrogen and oxygen atoms in total. The van der Waals surface area contributed by atoms with Crippen LogP contribution < -0.4 is 5.32 Å². The summed E-state index contributed by atoms with van der Waals surface area (Å²) in [6, 6.07) is 8.69. The lowest BCUT2D eigenvalue weighted by Crippen LogP contribution is -2.47. The maximum absolute atomic E-state index is 12.2. The summed E-state index contributed by atoms with van der Waals surface area (Å²) in [5, 5.41) is 3.27. The summed E-state index contributed by atoms with van der Waals surface area (Å²) in [4.78, 5) is 15.4. The number of hydrogen-bond acceptors (Lipinski definition) is 3. The first-order chi connectivity index (χ1) is 9.69. The molecule has 110 valence electrons. The van der Waals surface area contributed by atoms with Crippen LogP contribution in [0.15, 0.2) is 33.6 Å². The third-order valence-electron chi connectivity index (χ3n) is 3.58. The minimum Gasteiger partial charge on any atom is -0.341 e. The first kappa shape index (κ1) is 15.9. The Hall–Kier alpha value is -0.520. The molecule has 1 aromatic carbocycles. The Balaban J connectivity index is 1.73. The monoisotopic (exact) mass is 356 g/mol. The molecular formula is C15H21BrN2OS. The highest BCUT2D eigenvalue weighted by Gasteiger charge is 2.21. The van der Waals surface area contributed by atoms with Gasteiger partial charge < -0.3 is 10.2 Å². The summed E-state index contributed by atoms with van der Waals surface area (Å²) in [5.41, 5.74) is 0. The average molecular weight is 357 g/mol. The molecular weight excluding hydrogens is 336 g/mol. The van der Waals surface area contributed by atoms with E-state index in [2.05, 4.69) is 33.4 Å². The number of nitrogens with one attached hydrogen (secondary N) is 1. The fraction of sp³-hybridized carbons (Fsp3) is 0.533. The number of likely N-dealkylation sites (N-methyl/N-ethyl adjacent to an activating group) is 1. The first-order valence-electron chi connectivity index (χ1n) is 7.02. The van der Waals surface area contributed by atoms with Gasteiger partial charge >= 0.3 is 0 Å². The quantitative estimate of drug-likeness (QED) is 0.822. The van der Waals surface area contributed by atoms with Crippen LogP contribution >= 0.6 is 27.7 Å². The molecule has 1 atom stereocenters. The van der Waals surface area contributed by atoms with Crippen molar-refractivity contribution in [3.8, 4) is 0 Å². The van der Waals surface area contributed by atoms with Gasteiger partial charge in [-0.2, -0.15) is 0 Å². The number of piperidine rings is 1. The van der Waals surface area contributed by atoms with Gasteiger partial charge in [-0.05, 0) is 44.2 Å². The molecule has 1 saturated heterocycles. The van der Waals surface area contributed by atoms with E-state index < -0.39 is 0 Å². The van der Waals surface area contributed by atoms with Crippen LogP contribution in [0.1, 0.15) is 19.3 Å². The van der Waals surface area contributed by atoms with Crippen molar-refractivity contribution in [2.45, 2.75) is 30.2 Å². The lowest BCUT2D eigenvalue weighted by molar-refractivity contribution is -0.132. The third kappa shape index (κ3) is 4.79. The largest absolute Gasteiger partial charge is 0.341 e. The van der Waals surface area contributed by atoms with Crippen molar-refractivity contribution in [3.05, 3.63) is 28.7 Å². The summed E-state index contributed by atoms with van der Waals surface area (Å²) < 4.78 is 1.09. The number of nitrogens with zero attached hydrogens (tertiary/aromatic N) is 1. The first-order valence-corrected chi connectivity index (χ1v) is 8.80. The zero-order valence-corrected chi connectivity index (χ0v) is 14.2. The van der Waals surface area contributed by atoms with E-state index in [1.165, 1.54) is 11.3 Å². The predicted octanol–water partition coefficient (Wildman–Crippen LogP) is 3.14. The summed E-state index contributed by atoms with van der Waals surface area (Å²) in [6.45, 7) is 1.78. The van der Waals surface area contributed by atoms with E-state index >= 15 is 0 Å². The zero-order valence-electron chi connectivity index (χ0n) is 11.8. The molecule has 1 aliphatic rings. The third-order valence-corrected chi connectivity index (χ3v) is 5.12. The molecule has 1 fully saturated rings. The van der Waals surface area contributed by atoms with Crippen molar-refractivity contribution in [3.63, 3.8) is 0 Å². The fourth-order valence-electron chi connectivity index (χ4n) is 2.38. The SMILES string of the molecule is CNC1CCCN(C(=O)CCSc2ccc(Br)cc2)C1. The Labute approximate surface area is 133 Å². The summed E-state index contributed by atoms with van der Waals surface area (Å²) in [5.74, 6) is 1.14. The number of benzene rings is 1. The molecule has 1 amide bonds. The minimum atomic E-state index is 0.287. The van der Waals surface area contributed by atoms with Crippen LogP contribution in [-0.4, -0.2) is 42.7 Å². The highest BCUT2D eigenvalue weighted by atomic mass is 79.9. The molecule has 1 aliphatic heterocycles. The predicted molar refractivity (Wildman–Crippen MR) is 88.1 cm³/mol. The van der Waals surface area contributed by atoms with Crippen LogP contribution in [0.25, 0.3) is 0 Å². The number of carbonyl (C=O) groups is 1. The number of halogens is 1. The van der Waals surface area contributed by atoms with Crippen molar-refractivity contribution in [2.75, 3.05) is 25.9 Å². The number of thioether (sulfide) groups is 1. The molecule has 20 heavy (non-hydrogen) atoms. The van der Waals surface area contributed by atoms with Gasteiger partial charge in [0.2, 0.25) is 5.91 Å². The topological polar surface area (TPSA) is 32.3 Å². The molecule has 2 rings (SSSR count). The van der Waals surface area contributed by atoms with Crippen LogP contribution in [0, 0.1) is 0 Å². The van der Waals surface area contributed by atoms with Gasteiger partial charge in [0.25, 0.3) is 0 Å². The van der Waals surface area contributed by atoms with Gasteiger partial charge in [0.1, 0.15) is 0 Å². The molecule has 1 N–H and O–H groups in total. The van der Waals surface area contributed by atoms with Gasteiger partial charge in [-0.15, -0.1) is 11.8 Å². The summed E-state index contributed by atoms with van der Waals surface area (Å²) in [7, 11) is 1.97. The van der Waals surface area contributed by atoms with Crippen molar-refractivity contribution < 1.29 is 4.79 Å². The molecule has 0 spiro atoms. The van der Waals surface area contributed by atoms with Crippen LogP contribution in [0.4, 0.5) is 0 Å². The Morgan fingerprint density at radius 1 is 1.45 bits per heavy atom. The molecule has 0 aromatic heterocycles. The normalized spacial score (nSPS) is 19.1. The number of hydrogen-bond donors (Lipinski definition) is 1. The molecule has 1 heterocycles. The second kappa shape index (κ2) is 8.05. The van der Waals surface area contributed by atoms with Crippen molar-refractivity contribution in [2.24, 2.45) is 0 Å². The van der Waals surface area contributed by atoms with E-state index in [0.29, 0.717) is 12.5 Å². The molecule has 0 bridgehead atoms. The number of rotatable bonds is 5. The standard InChI is InChI=1S/C15H21BrN2OS/c1-17-13-3-2-9-18(11-13)15(19)8-10-20-14-6-4-12(16)5-7-14/h4-7,13,17H,2-3,8-11H2,1H3. The molecule has 0 aliphatic carbocycles. The smallest absolute Gasteiger partial charge is 0.223 e. The number of likely N-dealkylation sites (tertiary alicyclic amines) is 1. The molecule has 5 heteroatoms. The molecule has 0 saturated carbocycles. The Kier molecular flexibility index (Phi) is 6.39. The molecule has 1 aromatic rings. The fourth-order valence-corrected chi connectivity index (χ4v) is 3.49. The van der Waals surface area contributed by atoms with Crippen molar-refractivity contribution in [1.82, 2.24) is 10.2 Å². The highest BCUT2D eigenvalue weighted by molar-refractivity contribution is 9.10. The van der Waals surface area contributed by atoms with Gasteiger partial charge in [-0.3, -0.25) is 4.79 Å². The zero-order chi connectivity index (χ0) is 14.4. The Morgan fingerprint density at radius 2 is 2.20 bits per heavy atom. The Bertz CT molecular complexity index is 438. The minimum absolute atomic E-state index is 0.287. The van der Waals surface area contributed by atoms with E-state index in [1.54, 1.807) is 11.8 Å². The summed E-state index contributed by atoms with van der Waals surface area (Å²) in [6.07, 6.45) is 2.90. The van der Waals surface area contributed by atoms with Crippen LogP contribution in [0.2, 0.25) is 0 Å². The van der Waals surface area contributed by atoms with Gasteiger partial charge in [-0.1, -0.05) is 15.9 Å². The van der Waals surface area contributed by atoms with E-state index in [0.717, 1.165) is 29.7 Å². The van der Waals surface area contributed by atoms with E-state index in [9.17, 15) is 4.79 Å². The van der Waals surface area contributed by atoms with Crippen molar-refractivity contribution >= 4 is 33.6 Å². The van der Waals surface area contributed by atoms with E-state index in [4.69, 9.17) is 0 Å². The lowest BCUT2D eigenvalue weighted by atomic mass is 10.1. The lowest BCUT2D eigenvalue weighted by Gasteiger charge is -2.32. The molecule has 0 radical (unpaired) electrons. The van der Waals surface area contributed by atoms with Crippen LogP contribution in [0.3, 0.4) is 0 Å². The Morgan fingerprint density at radius 3 is 2.90 bits per heavy atom. The van der Waals surface area contributed by atoms with E-state index in [1.807, 2.05) is 24.1 Å². The maximum Gasteiger partial charge on any atom is 0.223 e. The van der Waals surface area contributed by atoms with Crippen LogP contribution in [0.5, 0.6) is 0 Å². The maximum atomic E-state index is 12.2.